The van der Waals surface area contributed by atoms with E-state index in [9.17, 15) is 19.5 Å². The average molecular weight is 662 g/mol. The fourth-order valence-electron chi connectivity index (χ4n) is 5.12. The monoisotopic (exact) mass is 660 g/mol. The molecule has 0 fully saturated rings. The van der Waals surface area contributed by atoms with Crippen molar-refractivity contribution in [1.82, 2.24) is 5.32 Å². The maximum Gasteiger partial charge on any atom is 0.323 e. The average Bonchev–Trinajstić information content (AvgIpc) is 3.12. The number of anilines is 1. The standard InChI is InChI=1S/C33H37ClN2O8.ClH/c1-41-30(39)20-28-33(40)36(21-29(37)38)26-15-14-23(34)19-25(26)31(44-28)24-12-6-13-27(32(24)42-2)43-18-8-17-35-16-7-11-22-9-4-3-5-10-22;/h3-6,9-10,12-15,19,28,31,35H,7-8,11,16-18,20-21H2,1-2H3,(H,37,38);1H/t28-,31-;/m1./s1. The van der Waals surface area contributed by atoms with E-state index in [-0.39, 0.29) is 12.4 Å². The lowest BCUT2D eigenvalue weighted by atomic mass is 9.98. The van der Waals surface area contributed by atoms with Crippen LogP contribution in [0, 0.1) is 0 Å². The molecule has 0 bridgehead atoms. The first-order chi connectivity index (χ1) is 21.3. The summed E-state index contributed by atoms with van der Waals surface area (Å²) in [7, 11) is 2.71. The number of esters is 1. The summed E-state index contributed by atoms with van der Waals surface area (Å²) in [5, 5.41) is 13.4. The van der Waals surface area contributed by atoms with Gasteiger partial charge in [0.15, 0.2) is 11.5 Å². The Morgan fingerprint density at radius 3 is 2.47 bits per heavy atom. The van der Waals surface area contributed by atoms with Crippen LogP contribution in [0.2, 0.25) is 5.02 Å². The minimum absolute atomic E-state index is 0. The Bertz CT molecular complexity index is 1440. The second-order valence-corrected chi connectivity index (χ2v) is 10.7. The molecule has 242 valence electrons. The van der Waals surface area contributed by atoms with Crippen molar-refractivity contribution in [3.05, 3.63) is 88.4 Å². The Morgan fingerprint density at radius 2 is 1.76 bits per heavy atom. The van der Waals surface area contributed by atoms with Crippen LogP contribution in [0.25, 0.3) is 0 Å². The summed E-state index contributed by atoms with van der Waals surface area (Å²) in [6.07, 6.45) is 0.117. The number of ether oxygens (including phenoxy) is 4. The summed E-state index contributed by atoms with van der Waals surface area (Å²) in [4.78, 5) is 38.6. The number of amides is 1. The molecule has 0 radical (unpaired) electrons. The Hall–Kier alpha value is -3.83. The third-order valence-electron chi connectivity index (χ3n) is 7.19. The van der Waals surface area contributed by atoms with Crippen molar-refractivity contribution in [2.24, 2.45) is 0 Å². The first-order valence-electron chi connectivity index (χ1n) is 14.4. The summed E-state index contributed by atoms with van der Waals surface area (Å²) in [6, 6.07) is 20.4. The number of carboxylic acid groups (broad SMARTS) is 1. The van der Waals surface area contributed by atoms with Gasteiger partial charge in [-0.05, 0) is 62.2 Å². The third kappa shape index (κ3) is 9.58. The van der Waals surface area contributed by atoms with Crippen LogP contribution in [0.3, 0.4) is 0 Å². The predicted octanol–water partition coefficient (Wildman–Crippen LogP) is 5.23. The minimum Gasteiger partial charge on any atom is -0.492 e. The van der Waals surface area contributed by atoms with Crippen molar-refractivity contribution in [3.63, 3.8) is 0 Å². The molecule has 0 aliphatic carbocycles. The van der Waals surface area contributed by atoms with E-state index in [1.54, 1.807) is 36.4 Å². The normalized spacial score (nSPS) is 15.8. The maximum absolute atomic E-state index is 13.6. The highest BCUT2D eigenvalue weighted by molar-refractivity contribution is 6.30. The van der Waals surface area contributed by atoms with Crippen molar-refractivity contribution in [2.45, 2.75) is 37.9 Å². The molecule has 2 atom stereocenters. The number of aliphatic carboxylic acids is 1. The van der Waals surface area contributed by atoms with Crippen molar-refractivity contribution in [3.8, 4) is 11.5 Å². The number of hydrogen-bond acceptors (Lipinski definition) is 8. The third-order valence-corrected chi connectivity index (χ3v) is 7.43. The smallest absolute Gasteiger partial charge is 0.323 e. The van der Waals surface area contributed by atoms with Gasteiger partial charge in [0.2, 0.25) is 0 Å². The second-order valence-electron chi connectivity index (χ2n) is 10.2. The van der Waals surface area contributed by atoms with E-state index in [4.69, 9.17) is 30.5 Å². The highest BCUT2D eigenvalue weighted by Gasteiger charge is 2.40. The number of carbonyl (C=O) groups is 3. The van der Waals surface area contributed by atoms with Crippen LogP contribution in [0.4, 0.5) is 5.69 Å². The number of carbonyl (C=O) groups excluding carboxylic acids is 2. The molecule has 0 saturated heterocycles. The Morgan fingerprint density at radius 1 is 1.00 bits per heavy atom. The zero-order valence-corrected chi connectivity index (χ0v) is 26.8. The van der Waals surface area contributed by atoms with Crippen molar-refractivity contribution < 1.29 is 38.4 Å². The van der Waals surface area contributed by atoms with Crippen LogP contribution in [0.1, 0.15) is 42.1 Å². The van der Waals surface area contributed by atoms with Gasteiger partial charge in [-0.15, -0.1) is 12.4 Å². The number of para-hydroxylation sites is 1. The van der Waals surface area contributed by atoms with E-state index in [1.807, 2.05) is 18.2 Å². The quantitative estimate of drug-likeness (QED) is 0.167. The topological polar surface area (TPSA) is 124 Å². The molecule has 0 unspecified atom stereocenters. The van der Waals surface area contributed by atoms with Crippen LogP contribution in [-0.4, -0.2) is 69.5 Å². The van der Waals surface area contributed by atoms with E-state index in [0.29, 0.717) is 39.9 Å². The fourth-order valence-corrected chi connectivity index (χ4v) is 5.30. The molecule has 10 nitrogen and oxygen atoms in total. The predicted molar refractivity (Wildman–Crippen MR) is 173 cm³/mol. The zero-order chi connectivity index (χ0) is 31.5. The number of methoxy groups -OCH3 is 2. The molecule has 45 heavy (non-hydrogen) atoms. The van der Waals surface area contributed by atoms with Crippen molar-refractivity contribution in [2.75, 3.05) is 45.4 Å². The maximum atomic E-state index is 13.6. The number of hydrogen-bond donors (Lipinski definition) is 2. The lowest BCUT2D eigenvalue weighted by Gasteiger charge is -2.24. The van der Waals surface area contributed by atoms with Gasteiger partial charge < -0.3 is 29.4 Å². The number of aryl methyl sites for hydroxylation is 1. The SMILES string of the molecule is COC(=O)C[C@H]1O[C@H](c2cccc(OCCCNCCCc3ccccc3)c2OC)c2cc(Cl)ccc2N(CC(=O)O)C1=O.Cl. The molecular formula is C33H38Cl2N2O8. The van der Waals surface area contributed by atoms with Gasteiger partial charge in [0, 0.05) is 16.1 Å². The van der Waals surface area contributed by atoms with Crippen LogP contribution in [-0.2, 0) is 30.3 Å². The van der Waals surface area contributed by atoms with Crippen molar-refractivity contribution >= 4 is 47.5 Å². The van der Waals surface area contributed by atoms with Gasteiger partial charge in [-0.2, -0.15) is 0 Å². The van der Waals surface area contributed by atoms with E-state index in [1.165, 1.54) is 19.8 Å². The lowest BCUT2D eigenvalue weighted by molar-refractivity contribution is -0.149. The highest BCUT2D eigenvalue weighted by atomic mass is 35.5. The molecule has 1 aliphatic rings. The number of nitrogens with zero attached hydrogens (tertiary/aromatic N) is 1. The molecule has 2 N–H and O–H groups in total. The molecule has 1 heterocycles. The molecular weight excluding hydrogens is 623 g/mol. The summed E-state index contributed by atoms with van der Waals surface area (Å²) in [6.45, 7) is 1.47. The lowest BCUT2D eigenvalue weighted by Crippen LogP contribution is -2.43. The molecule has 3 aromatic rings. The number of halogens is 2. The van der Waals surface area contributed by atoms with Crippen LogP contribution < -0.4 is 19.7 Å². The molecule has 12 heteroatoms. The summed E-state index contributed by atoms with van der Waals surface area (Å²) in [5.74, 6) is -1.74. The van der Waals surface area contributed by atoms with Crippen LogP contribution >= 0.6 is 24.0 Å². The summed E-state index contributed by atoms with van der Waals surface area (Å²) < 4.78 is 23.0. The first-order valence-corrected chi connectivity index (χ1v) is 14.8. The van der Waals surface area contributed by atoms with Gasteiger partial charge in [-0.25, -0.2) is 0 Å². The largest absolute Gasteiger partial charge is 0.492 e. The summed E-state index contributed by atoms with van der Waals surface area (Å²) in [5.41, 5.74) is 2.58. The van der Waals surface area contributed by atoms with E-state index >= 15 is 0 Å². The minimum atomic E-state index is -1.33. The van der Waals surface area contributed by atoms with Gasteiger partial charge >= 0.3 is 11.9 Å². The molecule has 1 aliphatic heterocycles. The first kappa shape index (κ1) is 35.6. The highest BCUT2D eigenvalue weighted by Crippen LogP contribution is 2.45. The fraction of sp³-hybridized carbons (Fsp3) is 0.364. The molecule has 0 spiro atoms. The number of benzene rings is 3. The van der Waals surface area contributed by atoms with Gasteiger partial charge in [-0.3, -0.25) is 19.3 Å². The molecule has 0 saturated carbocycles. The Balaban J connectivity index is 0.00000552. The number of rotatable bonds is 15. The van der Waals surface area contributed by atoms with Gasteiger partial charge in [-0.1, -0.05) is 54.1 Å². The van der Waals surface area contributed by atoms with Gasteiger partial charge in [0.25, 0.3) is 5.91 Å². The van der Waals surface area contributed by atoms with Crippen LogP contribution in [0.5, 0.6) is 11.5 Å². The van der Waals surface area contributed by atoms with E-state index in [2.05, 4.69) is 17.4 Å². The molecule has 3 aromatic carbocycles. The summed E-state index contributed by atoms with van der Waals surface area (Å²) >= 11 is 6.37. The second kappa shape index (κ2) is 17.6. The zero-order valence-electron chi connectivity index (χ0n) is 25.2. The number of nitrogens with one attached hydrogen (secondary N) is 1. The Kier molecular flexibility index (Phi) is 13.9. The Labute approximate surface area is 274 Å². The van der Waals surface area contributed by atoms with Crippen LogP contribution in [0.15, 0.2) is 66.7 Å². The van der Waals surface area contributed by atoms with E-state index in [0.717, 1.165) is 37.3 Å². The van der Waals surface area contributed by atoms with Gasteiger partial charge in [0.1, 0.15) is 18.8 Å². The molecule has 1 amide bonds. The molecule has 0 aromatic heterocycles. The van der Waals surface area contributed by atoms with Crippen molar-refractivity contribution in [1.29, 1.82) is 0 Å². The number of carboxylic acids is 1. The molecule has 4 rings (SSSR count). The number of fused-ring (bicyclic) bond motifs is 1. The van der Waals surface area contributed by atoms with E-state index < -0.39 is 43.0 Å². The van der Waals surface area contributed by atoms with Gasteiger partial charge in [0.05, 0.1) is 32.9 Å².